The number of carbonyl (C=O) groups excluding carboxylic acids is 1. The number of tetrazole rings is 1. The van der Waals surface area contributed by atoms with E-state index in [1.54, 1.807) is 12.1 Å². The summed E-state index contributed by atoms with van der Waals surface area (Å²) < 4.78 is 4.53. The van der Waals surface area contributed by atoms with Crippen LogP contribution in [0.25, 0.3) is 11.4 Å². The van der Waals surface area contributed by atoms with Crippen LogP contribution in [0.2, 0.25) is 5.02 Å². The molecule has 7 heteroatoms. The number of ether oxygens (including phenoxy) is 1. The minimum atomic E-state index is -0.305. The molecule has 0 spiro atoms. The van der Waals surface area contributed by atoms with E-state index >= 15 is 0 Å². The predicted octanol–water partition coefficient (Wildman–Crippen LogP) is 1.56. The van der Waals surface area contributed by atoms with Gasteiger partial charge in [-0.1, -0.05) is 11.6 Å². The number of carbonyl (C=O) groups is 1. The van der Waals surface area contributed by atoms with Crippen molar-refractivity contribution in [2.75, 3.05) is 7.11 Å². The number of hydrogen-bond donors (Lipinski definition) is 0. The fourth-order valence-corrected chi connectivity index (χ4v) is 1.47. The summed E-state index contributed by atoms with van der Waals surface area (Å²) in [6, 6.07) is 7.13. The molecule has 18 heavy (non-hydrogen) atoms. The Morgan fingerprint density at radius 1 is 1.39 bits per heavy atom. The van der Waals surface area contributed by atoms with Crippen molar-refractivity contribution in [1.29, 1.82) is 0 Å². The predicted molar refractivity (Wildman–Crippen MR) is 64.9 cm³/mol. The molecule has 0 saturated heterocycles. The van der Waals surface area contributed by atoms with Crippen LogP contribution in [0.5, 0.6) is 0 Å². The molecule has 0 radical (unpaired) electrons. The van der Waals surface area contributed by atoms with Gasteiger partial charge in [0.15, 0.2) is 0 Å². The average Bonchev–Trinajstić information content (AvgIpc) is 2.85. The largest absolute Gasteiger partial charge is 0.469 e. The Kier molecular flexibility index (Phi) is 3.88. The zero-order valence-corrected chi connectivity index (χ0v) is 10.5. The lowest BCUT2D eigenvalue weighted by atomic mass is 10.2. The Bertz CT molecular complexity index is 538. The van der Waals surface area contributed by atoms with E-state index in [-0.39, 0.29) is 12.4 Å². The van der Waals surface area contributed by atoms with Crippen molar-refractivity contribution in [1.82, 2.24) is 20.2 Å². The van der Waals surface area contributed by atoms with Gasteiger partial charge < -0.3 is 4.74 Å². The molecule has 1 heterocycles. The van der Waals surface area contributed by atoms with E-state index < -0.39 is 0 Å². The van der Waals surface area contributed by atoms with E-state index in [9.17, 15) is 4.79 Å². The number of nitrogens with zero attached hydrogens (tertiary/aromatic N) is 4. The molecule has 1 aromatic carbocycles. The van der Waals surface area contributed by atoms with Gasteiger partial charge in [-0.05, 0) is 29.5 Å². The lowest BCUT2D eigenvalue weighted by Crippen LogP contribution is -2.09. The van der Waals surface area contributed by atoms with Gasteiger partial charge in [0.25, 0.3) is 0 Å². The van der Waals surface area contributed by atoms with E-state index in [0.717, 1.165) is 5.56 Å². The van der Waals surface area contributed by atoms with Gasteiger partial charge in [-0.2, -0.15) is 4.80 Å². The van der Waals surface area contributed by atoms with Crippen LogP contribution < -0.4 is 0 Å². The van der Waals surface area contributed by atoms with Crippen molar-refractivity contribution in [3.05, 3.63) is 29.3 Å². The quantitative estimate of drug-likeness (QED) is 0.786. The Balaban J connectivity index is 2.06. The minimum Gasteiger partial charge on any atom is -0.469 e. The van der Waals surface area contributed by atoms with Crippen molar-refractivity contribution in [2.24, 2.45) is 0 Å². The van der Waals surface area contributed by atoms with Crippen molar-refractivity contribution < 1.29 is 9.53 Å². The van der Waals surface area contributed by atoms with Gasteiger partial charge in [0.2, 0.25) is 5.82 Å². The number of hydrogen-bond acceptors (Lipinski definition) is 5. The molecule has 0 aliphatic heterocycles. The van der Waals surface area contributed by atoms with Gasteiger partial charge >= 0.3 is 5.97 Å². The fraction of sp³-hybridized carbons (Fsp3) is 0.273. The fourth-order valence-electron chi connectivity index (χ4n) is 1.35. The summed E-state index contributed by atoms with van der Waals surface area (Å²) in [5, 5.41) is 12.6. The highest BCUT2D eigenvalue weighted by atomic mass is 35.5. The van der Waals surface area contributed by atoms with E-state index in [2.05, 4.69) is 20.1 Å². The van der Waals surface area contributed by atoms with Crippen LogP contribution in [-0.2, 0) is 16.1 Å². The monoisotopic (exact) mass is 266 g/mol. The first kappa shape index (κ1) is 12.5. The third kappa shape index (κ3) is 3.04. The summed E-state index contributed by atoms with van der Waals surface area (Å²) in [6.07, 6.45) is 0.215. The smallest absolute Gasteiger partial charge is 0.307 e. The molecule has 6 nitrogen and oxygen atoms in total. The van der Waals surface area contributed by atoms with E-state index in [1.165, 1.54) is 11.9 Å². The maximum absolute atomic E-state index is 11.0. The summed E-state index contributed by atoms with van der Waals surface area (Å²) in [5.74, 6) is 0.192. The first-order valence-corrected chi connectivity index (χ1v) is 5.67. The molecule has 0 N–H and O–H groups in total. The number of aromatic nitrogens is 4. The van der Waals surface area contributed by atoms with Crippen molar-refractivity contribution in [3.8, 4) is 11.4 Å². The normalized spacial score (nSPS) is 10.3. The maximum Gasteiger partial charge on any atom is 0.307 e. The second-order valence-electron chi connectivity index (χ2n) is 3.54. The van der Waals surface area contributed by atoms with Gasteiger partial charge in [-0.15, -0.1) is 10.2 Å². The lowest BCUT2D eigenvalue weighted by Gasteiger charge is -1.97. The molecule has 0 bridgehead atoms. The van der Waals surface area contributed by atoms with Crippen molar-refractivity contribution >= 4 is 17.6 Å². The Labute approximate surface area is 109 Å². The van der Waals surface area contributed by atoms with Gasteiger partial charge in [-0.25, -0.2) is 0 Å². The Morgan fingerprint density at radius 3 is 2.78 bits per heavy atom. The van der Waals surface area contributed by atoms with Crippen LogP contribution >= 0.6 is 11.6 Å². The van der Waals surface area contributed by atoms with Gasteiger partial charge in [0.1, 0.15) is 0 Å². The topological polar surface area (TPSA) is 69.9 Å². The van der Waals surface area contributed by atoms with Gasteiger partial charge in [0.05, 0.1) is 20.1 Å². The maximum atomic E-state index is 11.0. The summed E-state index contributed by atoms with van der Waals surface area (Å²) in [4.78, 5) is 12.3. The average molecular weight is 267 g/mol. The summed E-state index contributed by atoms with van der Waals surface area (Å²) >= 11 is 5.79. The summed E-state index contributed by atoms with van der Waals surface area (Å²) in [7, 11) is 1.34. The number of benzene rings is 1. The highest BCUT2D eigenvalue weighted by molar-refractivity contribution is 6.30. The summed E-state index contributed by atoms with van der Waals surface area (Å²) in [5.41, 5.74) is 0.823. The molecule has 2 aromatic rings. The van der Waals surface area contributed by atoms with Crippen LogP contribution in [0, 0.1) is 0 Å². The second kappa shape index (κ2) is 5.59. The summed E-state index contributed by atoms with van der Waals surface area (Å²) in [6.45, 7) is 0.341. The van der Waals surface area contributed by atoms with Gasteiger partial charge in [-0.3, -0.25) is 4.79 Å². The first-order valence-electron chi connectivity index (χ1n) is 5.29. The lowest BCUT2D eigenvalue weighted by molar-refractivity contribution is -0.140. The van der Waals surface area contributed by atoms with E-state index in [1.807, 2.05) is 12.1 Å². The SMILES string of the molecule is COC(=O)CCn1nnc(-c2ccc(Cl)cc2)n1. The van der Waals surface area contributed by atoms with Crippen LogP contribution in [0.3, 0.4) is 0 Å². The van der Waals surface area contributed by atoms with Crippen LogP contribution in [0.4, 0.5) is 0 Å². The molecule has 94 valence electrons. The van der Waals surface area contributed by atoms with Crippen molar-refractivity contribution in [3.63, 3.8) is 0 Å². The number of rotatable bonds is 4. The van der Waals surface area contributed by atoms with Crippen LogP contribution in [0.15, 0.2) is 24.3 Å². The molecule has 0 aliphatic carbocycles. The zero-order valence-electron chi connectivity index (χ0n) is 9.71. The number of aryl methyl sites for hydroxylation is 1. The minimum absolute atomic E-state index is 0.215. The molecule has 0 amide bonds. The Hall–Kier alpha value is -1.95. The number of esters is 1. The molecule has 0 saturated carbocycles. The third-order valence-electron chi connectivity index (χ3n) is 2.30. The molecule has 0 fully saturated rings. The van der Waals surface area contributed by atoms with Crippen molar-refractivity contribution in [2.45, 2.75) is 13.0 Å². The molecule has 2 rings (SSSR count). The second-order valence-corrected chi connectivity index (χ2v) is 3.98. The molecule has 0 atom stereocenters. The molecular weight excluding hydrogens is 256 g/mol. The Morgan fingerprint density at radius 2 is 2.11 bits per heavy atom. The standard InChI is InChI=1S/C11H11ClN4O2/c1-18-10(17)6-7-16-14-11(13-15-16)8-2-4-9(12)5-3-8/h2-5H,6-7H2,1H3. The first-order chi connectivity index (χ1) is 8.69. The van der Waals surface area contributed by atoms with E-state index in [4.69, 9.17) is 11.6 Å². The number of methoxy groups -OCH3 is 1. The van der Waals surface area contributed by atoms with Crippen LogP contribution in [-0.4, -0.2) is 33.3 Å². The van der Waals surface area contributed by atoms with Gasteiger partial charge in [0, 0.05) is 10.6 Å². The molecular formula is C11H11ClN4O2. The molecule has 0 unspecified atom stereocenters. The highest BCUT2D eigenvalue weighted by Crippen LogP contribution is 2.16. The highest BCUT2D eigenvalue weighted by Gasteiger charge is 2.07. The molecule has 0 aliphatic rings. The number of halogens is 1. The van der Waals surface area contributed by atoms with E-state index in [0.29, 0.717) is 17.4 Å². The zero-order chi connectivity index (χ0) is 13.0. The van der Waals surface area contributed by atoms with Crippen LogP contribution in [0.1, 0.15) is 6.42 Å². The molecule has 1 aromatic heterocycles. The third-order valence-corrected chi connectivity index (χ3v) is 2.55.